The van der Waals surface area contributed by atoms with Gasteiger partial charge in [0.1, 0.15) is 0 Å². The Bertz CT molecular complexity index is 1020. The third-order valence-electron chi connectivity index (χ3n) is 5.74. The number of piperazine rings is 1. The van der Waals surface area contributed by atoms with Gasteiger partial charge in [0.25, 0.3) is 5.91 Å². The van der Waals surface area contributed by atoms with E-state index in [1.807, 2.05) is 65.6 Å². The van der Waals surface area contributed by atoms with Crippen LogP contribution >= 0.6 is 0 Å². The lowest BCUT2D eigenvalue weighted by Gasteiger charge is -2.40. The number of hydrogen-bond acceptors (Lipinski definition) is 3. The average Bonchev–Trinajstić information content (AvgIpc) is 2.83. The van der Waals surface area contributed by atoms with Gasteiger partial charge in [-0.25, -0.2) is 0 Å². The van der Waals surface area contributed by atoms with E-state index in [1.54, 1.807) is 12.1 Å². The van der Waals surface area contributed by atoms with Gasteiger partial charge in [-0.3, -0.25) is 9.59 Å². The first-order valence-electron chi connectivity index (χ1n) is 10.6. The molecule has 1 saturated heterocycles. The lowest BCUT2D eigenvalue weighted by molar-refractivity contribution is -0.135. The minimum absolute atomic E-state index is 0.00509. The fourth-order valence-corrected chi connectivity index (χ4v) is 3.98. The van der Waals surface area contributed by atoms with Crippen LogP contribution in [0.15, 0.2) is 84.9 Å². The number of carbonyl (C=O) groups excluding carboxylic acids is 2. The molecule has 0 bridgehead atoms. The summed E-state index contributed by atoms with van der Waals surface area (Å²) in [5, 5.41) is 2.79. The molecule has 31 heavy (non-hydrogen) atoms. The summed E-state index contributed by atoms with van der Waals surface area (Å²) in [6, 6.07) is 27.5. The SMILES string of the molecule is CN1CCN(C(=O)CNC(=O)c2ccc(-c3ccccc3)cc2)C(c2ccccc2)C1. The molecule has 1 N–H and O–H groups in total. The van der Waals surface area contributed by atoms with Crippen LogP contribution in [-0.4, -0.2) is 54.8 Å². The quantitative estimate of drug-likeness (QED) is 0.695. The first-order chi connectivity index (χ1) is 15.1. The van der Waals surface area contributed by atoms with Gasteiger partial charge in [0.2, 0.25) is 5.91 Å². The Hall–Kier alpha value is -3.44. The summed E-state index contributed by atoms with van der Waals surface area (Å²) in [6.45, 7) is 2.25. The van der Waals surface area contributed by atoms with E-state index in [0.29, 0.717) is 12.1 Å². The van der Waals surface area contributed by atoms with Gasteiger partial charge < -0.3 is 15.1 Å². The Morgan fingerprint density at radius 2 is 1.45 bits per heavy atom. The molecule has 4 rings (SSSR count). The maximum absolute atomic E-state index is 13.0. The summed E-state index contributed by atoms with van der Waals surface area (Å²) >= 11 is 0. The molecule has 1 fully saturated rings. The minimum atomic E-state index is -0.238. The van der Waals surface area contributed by atoms with Crippen molar-refractivity contribution in [2.75, 3.05) is 33.2 Å². The highest BCUT2D eigenvalue weighted by molar-refractivity contribution is 5.96. The van der Waals surface area contributed by atoms with E-state index in [-0.39, 0.29) is 24.4 Å². The first-order valence-corrected chi connectivity index (χ1v) is 10.6. The van der Waals surface area contributed by atoms with Crippen LogP contribution in [0.3, 0.4) is 0 Å². The third kappa shape index (κ3) is 5.01. The lowest BCUT2D eigenvalue weighted by atomic mass is 10.0. The molecule has 0 spiro atoms. The summed E-state index contributed by atoms with van der Waals surface area (Å²) in [7, 11) is 2.07. The Kier molecular flexibility index (Phi) is 6.43. The number of rotatable bonds is 5. The van der Waals surface area contributed by atoms with Crippen molar-refractivity contribution < 1.29 is 9.59 Å². The molecule has 1 aliphatic rings. The summed E-state index contributed by atoms with van der Waals surface area (Å²) in [5.74, 6) is -0.297. The molecule has 3 aromatic carbocycles. The Labute approximate surface area is 183 Å². The van der Waals surface area contributed by atoms with Crippen molar-refractivity contribution in [2.24, 2.45) is 0 Å². The second kappa shape index (κ2) is 9.58. The van der Waals surface area contributed by atoms with E-state index < -0.39 is 0 Å². The van der Waals surface area contributed by atoms with Crippen molar-refractivity contribution in [3.05, 3.63) is 96.1 Å². The van der Waals surface area contributed by atoms with E-state index in [4.69, 9.17) is 0 Å². The average molecular weight is 414 g/mol. The van der Waals surface area contributed by atoms with Gasteiger partial charge in [-0.1, -0.05) is 72.8 Å². The van der Waals surface area contributed by atoms with Crippen molar-refractivity contribution in [3.63, 3.8) is 0 Å². The second-order valence-corrected chi connectivity index (χ2v) is 7.90. The third-order valence-corrected chi connectivity index (χ3v) is 5.74. The number of nitrogens with zero attached hydrogens (tertiary/aromatic N) is 2. The molecule has 1 unspecified atom stereocenters. The van der Waals surface area contributed by atoms with Crippen molar-refractivity contribution in [1.29, 1.82) is 0 Å². The molecule has 5 nitrogen and oxygen atoms in total. The van der Waals surface area contributed by atoms with Gasteiger partial charge in [0, 0.05) is 25.2 Å². The largest absolute Gasteiger partial charge is 0.343 e. The molecule has 0 aromatic heterocycles. The fraction of sp³-hybridized carbons (Fsp3) is 0.231. The zero-order valence-electron chi connectivity index (χ0n) is 17.7. The van der Waals surface area contributed by atoms with E-state index in [1.165, 1.54) is 0 Å². The molecule has 1 atom stereocenters. The van der Waals surface area contributed by atoms with Crippen LogP contribution in [0.5, 0.6) is 0 Å². The van der Waals surface area contributed by atoms with Crippen LogP contribution in [0.1, 0.15) is 22.0 Å². The Morgan fingerprint density at radius 1 is 0.839 bits per heavy atom. The topological polar surface area (TPSA) is 52.6 Å². The number of amides is 2. The molecule has 2 amide bonds. The maximum atomic E-state index is 13.0. The minimum Gasteiger partial charge on any atom is -0.343 e. The highest BCUT2D eigenvalue weighted by Crippen LogP contribution is 2.25. The molecule has 3 aromatic rings. The van der Waals surface area contributed by atoms with Crippen molar-refractivity contribution >= 4 is 11.8 Å². The normalized spacial score (nSPS) is 16.7. The van der Waals surface area contributed by atoms with E-state index in [0.717, 1.165) is 29.8 Å². The molecular weight excluding hydrogens is 386 g/mol. The highest BCUT2D eigenvalue weighted by atomic mass is 16.2. The number of likely N-dealkylation sites (N-methyl/N-ethyl adjacent to an activating group) is 1. The Balaban J connectivity index is 1.39. The van der Waals surface area contributed by atoms with Crippen LogP contribution in [0, 0.1) is 0 Å². The molecule has 0 aliphatic carbocycles. The van der Waals surface area contributed by atoms with Crippen LogP contribution in [0.2, 0.25) is 0 Å². The van der Waals surface area contributed by atoms with Crippen LogP contribution < -0.4 is 5.32 Å². The molecule has 158 valence electrons. The molecule has 1 heterocycles. The van der Waals surface area contributed by atoms with E-state index >= 15 is 0 Å². The predicted octanol–water partition coefficient (Wildman–Crippen LogP) is 3.60. The number of benzene rings is 3. The summed E-state index contributed by atoms with van der Waals surface area (Å²) < 4.78 is 0. The zero-order valence-corrected chi connectivity index (χ0v) is 17.7. The van der Waals surface area contributed by atoms with Crippen LogP contribution in [0.25, 0.3) is 11.1 Å². The molecule has 0 radical (unpaired) electrons. The van der Waals surface area contributed by atoms with E-state index in [2.05, 4.69) is 29.4 Å². The summed E-state index contributed by atoms with van der Waals surface area (Å²) in [4.78, 5) is 29.7. The van der Waals surface area contributed by atoms with Crippen molar-refractivity contribution in [1.82, 2.24) is 15.1 Å². The van der Waals surface area contributed by atoms with Crippen molar-refractivity contribution in [2.45, 2.75) is 6.04 Å². The Morgan fingerprint density at radius 3 is 2.13 bits per heavy atom. The number of nitrogens with one attached hydrogen (secondary N) is 1. The number of hydrogen-bond donors (Lipinski definition) is 1. The molecular formula is C26H27N3O2. The summed E-state index contributed by atoms with van der Waals surface area (Å²) in [6.07, 6.45) is 0. The molecule has 0 saturated carbocycles. The van der Waals surface area contributed by atoms with Gasteiger partial charge >= 0.3 is 0 Å². The first kappa shape index (κ1) is 20.8. The van der Waals surface area contributed by atoms with Crippen LogP contribution in [0.4, 0.5) is 0 Å². The standard InChI is InChI=1S/C26H27N3O2/c1-28-16-17-29(24(19-28)22-10-6-3-7-11-22)25(30)18-27-26(31)23-14-12-21(13-15-23)20-8-4-2-5-9-20/h2-15,24H,16-19H2,1H3,(H,27,31). The van der Waals surface area contributed by atoms with Gasteiger partial charge in [-0.05, 0) is 35.9 Å². The van der Waals surface area contributed by atoms with Crippen LogP contribution in [-0.2, 0) is 4.79 Å². The molecule has 5 heteroatoms. The molecule has 1 aliphatic heterocycles. The monoisotopic (exact) mass is 413 g/mol. The van der Waals surface area contributed by atoms with E-state index in [9.17, 15) is 9.59 Å². The lowest BCUT2D eigenvalue weighted by Crippen LogP contribution is -2.51. The smallest absolute Gasteiger partial charge is 0.251 e. The zero-order chi connectivity index (χ0) is 21.6. The number of carbonyl (C=O) groups is 2. The van der Waals surface area contributed by atoms with Gasteiger partial charge in [-0.2, -0.15) is 0 Å². The van der Waals surface area contributed by atoms with Gasteiger partial charge in [0.05, 0.1) is 12.6 Å². The fourth-order valence-electron chi connectivity index (χ4n) is 3.98. The van der Waals surface area contributed by atoms with Gasteiger partial charge in [-0.15, -0.1) is 0 Å². The highest BCUT2D eigenvalue weighted by Gasteiger charge is 2.30. The van der Waals surface area contributed by atoms with Gasteiger partial charge in [0.15, 0.2) is 0 Å². The summed E-state index contributed by atoms with van der Waals surface area (Å²) in [5.41, 5.74) is 3.82. The van der Waals surface area contributed by atoms with Crippen molar-refractivity contribution in [3.8, 4) is 11.1 Å². The predicted molar refractivity (Wildman–Crippen MR) is 123 cm³/mol. The second-order valence-electron chi connectivity index (χ2n) is 7.90. The maximum Gasteiger partial charge on any atom is 0.251 e.